The van der Waals surface area contributed by atoms with E-state index < -0.39 is 6.10 Å². The van der Waals surface area contributed by atoms with Crippen molar-refractivity contribution in [3.05, 3.63) is 29.3 Å². The van der Waals surface area contributed by atoms with Crippen LogP contribution in [0.4, 0.5) is 5.69 Å². The van der Waals surface area contributed by atoms with Gasteiger partial charge in [-0.15, -0.1) is 0 Å². The lowest BCUT2D eigenvalue weighted by atomic mass is 9.99. The number of anilines is 1. The molecule has 1 unspecified atom stereocenters. The number of fused-ring (bicyclic) bond motifs is 1. The lowest BCUT2D eigenvalue weighted by Gasteiger charge is -2.12. The molecule has 0 aromatic heterocycles. The van der Waals surface area contributed by atoms with Crippen molar-refractivity contribution in [2.24, 2.45) is 0 Å². The second-order valence-corrected chi connectivity index (χ2v) is 5.71. The molecule has 0 fully saturated rings. The summed E-state index contributed by atoms with van der Waals surface area (Å²) in [5.74, 6) is 0.0440. The Bertz CT molecular complexity index is 456. The van der Waals surface area contributed by atoms with Crippen molar-refractivity contribution < 1.29 is 9.90 Å². The van der Waals surface area contributed by atoms with Gasteiger partial charge in [0.1, 0.15) is 0 Å². The molecule has 2 N–H and O–H groups in total. The molecule has 0 saturated carbocycles. The van der Waals surface area contributed by atoms with E-state index in [9.17, 15) is 9.90 Å². The van der Waals surface area contributed by atoms with E-state index in [1.165, 1.54) is 32.1 Å². The first-order chi connectivity index (χ1) is 9.70. The summed E-state index contributed by atoms with van der Waals surface area (Å²) >= 11 is 0. The van der Waals surface area contributed by atoms with E-state index in [4.69, 9.17) is 0 Å². The number of nitrogens with one attached hydrogen (secondary N) is 1. The molecule has 20 heavy (non-hydrogen) atoms. The van der Waals surface area contributed by atoms with Crippen LogP contribution in [0.15, 0.2) is 18.2 Å². The van der Waals surface area contributed by atoms with E-state index in [0.29, 0.717) is 6.42 Å². The highest BCUT2D eigenvalue weighted by atomic mass is 16.3. The topological polar surface area (TPSA) is 49.3 Å². The van der Waals surface area contributed by atoms with Crippen LogP contribution in [-0.2, 0) is 11.2 Å². The second-order valence-electron chi connectivity index (χ2n) is 5.71. The van der Waals surface area contributed by atoms with Crippen molar-refractivity contribution in [2.75, 3.05) is 5.32 Å². The predicted octanol–water partition coefficient (Wildman–Crippen LogP) is 3.97. The first-order valence-electron chi connectivity index (χ1n) is 7.81. The molecule has 110 valence electrons. The SMILES string of the molecule is CCCCCCCCC(O)c1ccc2c(c1)CC(=O)N2. The van der Waals surface area contributed by atoms with Crippen LogP contribution in [0.1, 0.15) is 69.1 Å². The largest absolute Gasteiger partial charge is 0.388 e. The number of hydrogen-bond acceptors (Lipinski definition) is 2. The quantitative estimate of drug-likeness (QED) is 0.705. The number of carbonyl (C=O) groups is 1. The highest BCUT2D eigenvalue weighted by molar-refractivity contribution is 5.99. The van der Waals surface area contributed by atoms with Gasteiger partial charge in [-0.05, 0) is 23.6 Å². The summed E-state index contributed by atoms with van der Waals surface area (Å²) in [6, 6.07) is 5.79. The fourth-order valence-electron chi connectivity index (χ4n) is 2.74. The van der Waals surface area contributed by atoms with E-state index in [0.717, 1.165) is 29.7 Å². The van der Waals surface area contributed by atoms with Crippen molar-refractivity contribution in [1.29, 1.82) is 0 Å². The monoisotopic (exact) mass is 275 g/mol. The molecule has 0 radical (unpaired) electrons. The molecule has 0 saturated heterocycles. The Labute approximate surface area is 121 Å². The molecule has 3 nitrogen and oxygen atoms in total. The molecule has 0 bridgehead atoms. The Morgan fingerprint density at radius 3 is 2.75 bits per heavy atom. The Morgan fingerprint density at radius 1 is 1.20 bits per heavy atom. The van der Waals surface area contributed by atoms with E-state index in [1.54, 1.807) is 0 Å². The van der Waals surface area contributed by atoms with Gasteiger partial charge in [0.15, 0.2) is 0 Å². The van der Waals surface area contributed by atoms with Gasteiger partial charge >= 0.3 is 0 Å². The molecular formula is C17H25NO2. The van der Waals surface area contributed by atoms with Crippen LogP contribution in [-0.4, -0.2) is 11.0 Å². The summed E-state index contributed by atoms with van der Waals surface area (Å²) in [5.41, 5.74) is 2.84. The molecule has 2 rings (SSSR count). The van der Waals surface area contributed by atoms with Gasteiger partial charge < -0.3 is 10.4 Å². The number of unbranched alkanes of at least 4 members (excludes halogenated alkanes) is 5. The first kappa shape index (κ1) is 15.0. The Balaban J connectivity index is 1.77. The number of aliphatic hydroxyl groups is 1. The molecule has 1 heterocycles. The third kappa shape index (κ3) is 4.07. The number of carbonyl (C=O) groups excluding carboxylic acids is 1. The van der Waals surface area contributed by atoms with Crippen LogP contribution in [0.3, 0.4) is 0 Å². The highest BCUT2D eigenvalue weighted by Gasteiger charge is 2.19. The van der Waals surface area contributed by atoms with Crippen LogP contribution in [0.2, 0.25) is 0 Å². The molecule has 3 heteroatoms. The Morgan fingerprint density at radius 2 is 1.95 bits per heavy atom. The van der Waals surface area contributed by atoms with Gasteiger partial charge in [-0.3, -0.25) is 4.79 Å². The van der Waals surface area contributed by atoms with Crippen LogP contribution < -0.4 is 5.32 Å². The van der Waals surface area contributed by atoms with Crippen LogP contribution in [0.25, 0.3) is 0 Å². The maximum absolute atomic E-state index is 11.3. The summed E-state index contributed by atoms with van der Waals surface area (Å²) in [6.45, 7) is 2.22. The molecule has 0 aliphatic carbocycles. The Kier molecular flexibility index (Phi) is 5.60. The molecule has 1 aromatic rings. The van der Waals surface area contributed by atoms with E-state index in [2.05, 4.69) is 12.2 Å². The Hall–Kier alpha value is -1.35. The average molecular weight is 275 g/mol. The number of benzene rings is 1. The standard InChI is InChI=1S/C17H25NO2/c1-2-3-4-5-6-7-8-16(19)13-9-10-15-14(11-13)12-17(20)18-15/h9-11,16,19H,2-8,12H2,1H3,(H,18,20). The number of hydrogen-bond donors (Lipinski definition) is 2. The van der Waals surface area contributed by atoms with Crippen LogP contribution in [0, 0.1) is 0 Å². The molecule has 0 spiro atoms. The van der Waals surface area contributed by atoms with Crippen molar-refractivity contribution in [3.63, 3.8) is 0 Å². The van der Waals surface area contributed by atoms with E-state index >= 15 is 0 Å². The zero-order chi connectivity index (χ0) is 14.4. The molecular weight excluding hydrogens is 250 g/mol. The van der Waals surface area contributed by atoms with Gasteiger partial charge in [-0.25, -0.2) is 0 Å². The number of aliphatic hydroxyl groups excluding tert-OH is 1. The van der Waals surface area contributed by atoms with Crippen LogP contribution >= 0.6 is 0 Å². The van der Waals surface area contributed by atoms with E-state index in [-0.39, 0.29) is 5.91 Å². The summed E-state index contributed by atoms with van der Waals surface area (Å²) in [6.07, 6.45) is 8.27. The summed E-state index contributed by atoms with van der Waals surface area (Å²) < 4.78 is 0. The van der Waals surface area contributed by atoms with Gasteiger partial charge in [-0.2, -0.15) is 0 Å². The number of rotatable bonds is 8. The van der Waals surface area contributed by atoms with Gasteiger partial charge in [0.25, 0.3) is 0 Å². The van der Waals surface area contributed by atoms with Crippen molar-refractivity contribution in [1.82, 2.24) is 0 Å². The summed E-state index contributed by atoms with van der Waals surface area (Å²) in [7, 11) is 0. The van der Waals surface area contributed by atoms with Crippen molar-refractivity contribution in [3.8, 4) is 0 Å². The first-order valence-corrected chi connectivity index (χ1v) is 7.81. The third-order valence-electron chi connectivity index (χ3n) is 3.97. The molecule has 1 aromatic carbocycles. The van der Waals surface area contributed by atoms with Gasteiger partial charge in [0.05, 0.1) is 12.5 Å². The lowest BCUT2D eigenvalue weighted by molar-refractivity contribution is -0.115. The van der Waals surface area contributed by atoms with E-state index in [1.807, 2.05) is 18.2 Å². The molecule has 1 aliphatic heterocycles. The highest BCUT2D eigenvalue weighted by Crippen LogP contribution is 2.28. The lowest BCUT2D eigenvalue weighted by Crippen LogP contribution is -2.03. The van der Waals surface area contributed by atoms with Gasteiger partial charge in [0.2, 0.25) is 5.91 Å². The molecule has 1 atom stereocenters. The molecule has 1 aliphatic rings. The second kappa shape index (κ2) is 7.44. The number of amides is 1. The minimum absolute atomic E-state index is 0.0440. The molecule has 1 amide bonds. The maximum atomic E-state index is 11.3. The van der Waals surface area contributed by atoms with Crippen molar-refractivity contribution >= 4 is 11.6 Å². The summed E-state index contributed by atoms with van der Waals surface area (Å²) in [5, 5.41) is 13.0. The normalized spacial score (nSPS) is 15.0. The fourth-order valence-corrected chi connectivity index (χ4v) is 2.74. The van der Waals surface area contributed by atoms with Gasteiger partial charge in [-0.1, -0.05) is 57.6 Å². The third-order valence-corrected chi connectivity index (χ3v) is 3.97. The zero-order valence-corrected chi connectivity index (χ0v) is 12.3. The summed E-state index contributed by atoms with van der Waals surface area (Å²) in [4.78, 5) is 11.3. The minimum atomic E-state index is -0.401. The van der Waals surface area contributed by atoms with Crippen LogP contribution in [0.5, 0.6) is 0 Å². The average Bonchev–Trinajstić information content (AvgIpc) is 2.81. The fraction of sp³-hybridized carbons (Fsp3) is 0.588. The zero-order valence-electron chi connectivity index (χ0n) is 12.3. The maximum Gasteiger partial charge on any atom is 0.228 e. The smallest absolute Gasteiger partial charge is 0.228 e. The van der Waals surface area contributed by atoms with Gasteiger partial charge in [0, 0.05) is 5.69 Å². The minimum Gasteiger partial charge on any atom is -0.388 e. The predicted molar refractivity (Wildman–Crippen MR) is 81.7 cm³/mol. The van der Waals surface area contributed by atoms with Crippen molar-refractivity contribution in [2.45, 2.75) is 64.4 Å².